The van der Waals surface area contributed by atoms with E-state index in [2.05, 4.69) is 11.9 Å². The fourth-order valence-electron chi connectivity index (χ4n) is 2.46. The summed E-state index contributed by atoms with van der Waals surface area (Å²) in [5, 5.41) is 2.88. The standard InChI is InChI=1S/C18H24N2O4/c1-4-16(21)20(3)15-7-5-14(6-8-15)17(22)19-10-9-18(2)13-23-11-12-24-18/h4-8H,1,9-13H2,2-3H3,(H,19,22). The number of rotatable bonds is 6. The first-order valence-corrected chi connectivity index (χ1v) is 7.95. The van der Waals surface area contributed by atoms with Crippen LogP contribution in [0.25, 0.3) is 0 Å². The summed E-state index contributed by atoms with van der Waals surface area (Å²) < 4.78 is 11.1. The Morgan fingerprint density at radius 3 is 2.62 bits per heavy atom. The van der Waals surface area contributed by atoms with Crippen LogP contribution in [0.1, 0.15) is 23.7 Å². The van der Waals surface area contributed by atoms with E-state index in [0.717, 1.165) is 0 Å². The van der Waals surface area contributed by atoms with E-state index < -0.39 is 0 Å². The molecule has 1 aromatic carbocycles. The second-order valence-electron chi connectivity index (χ2n) is 6.01. The molecule has 1 N–H and O–H groups in total. The van der Waals surface area contributed by atoms with E-state index >= 15 is 0 Å². The molecule has 130 valence electrons. The predicted molar refractivity (Wildman–Crippen MR) is 92.2 cm³/mol. The Labute approximate surface area is 142 Å². The Balaban J connectivity index is 1.86. The van der Waals surface area contributed by atoms with Gasteiger partial charge in [-0.05, 0) is 43.7 Å². The van der Waals surface area contributed by atoms with Crippen LogP contribution in [0.2, 0.25) is 0 Å². The summed E-state index contributed by atoms with van der Waals surface area (Å²) in [6.07, 6.45) is 1.94. The first kappa shape index (κ1) is 18.2. The van der Waals surface area contributed by atoms with E-state index in [4.69, 9.17) is 9.47 Å². The summed E-state index contributed by atoms with van der Waals surface area (Å²) in [5.74, 6) is -0.352. The van der Waals surface area contributed by atoms with Crippen LogP contribution in [-0.2, 0) is 14.3 Å². The number of nitrogens with one attached hydrogen (secondary N) is 1. The molecule has 0 radical (unpaired) electrons. The molecule has 0 aromatic heterocycles. The van der Waals surface area contributed by atoms with Gasteiger partial charge in [0.1, 0.15) is 0 Å². The van der Waals surface area contributed by atoms with E-state index in [1.807, 2.05) is 6.92 Å². The number of amides is 2. The lowest BCUT2D eigenvalue weighted by Crippen LogP contribution is -2.43. The zero-order chi connectivity index (χ0) is 17.6. The summed E-state index contributed by atoms with van der Waals surface area (Å²) in [5.41, 5.74) is 0.907. The van der Waals surface area contributed by atoms with E-state index in [0.29, 0.717) is 44.0 Å². The monoisotopic (exact) mass is 332 g/mol. The molecule has 24 heavy (non-hydrogen) atoms. The molecule has 1 saturated heterocycles. The predicted octanol–water partition coefficient (Wildman–Crippen LogP) is 1.76. The average Bonchev–Trinajstić information content (AvgIpc) is 2.61. The zero-order valence-electron chi connectivity index (χ0n) is 14.2. The third-order valence-corrected chi connectivity index (χ3v) is 4.05. The second-order valence-corrected chi connectivity index (χ2v) is 6.01. The van der Waals surface area contributed by atoms with Crippen molar-refractivity contribution in [3.8, 4) is 0 Å². The quantitative estimate of drug-likeness (QED) is 0.806. The fourth-order valence-corrected chi connectivity index (χ4v) is 2.46. The first-order valence-electron chi connectivity index (χ1n) is 7.95. The van der Waals surface area contributed by atoms with E-state index in [-0.39, 0.29) is 17.4 Å². The van der Waals surface area contributed by atoms with Gasteiger partial charge in [0.05, 0.1) is 25.4 Å². The molecule has 1 atom stereocenters. The molecule has 1 aliphatic heterocycles. The number of hydrogen-bond acceptors (Lipinski definition) is 4. The van der Waals surface area contributed by atoms with Gasteiger partial charge in [0.25, 0.3) is 5.91 Å². The van der Waals surface area contributed by atoms with Gasteiger partial charge in [-0.1, -0.05) is 6.58 Å². The van der Waals surface area contributed by atoms with Gasteiger partial charge in [-0.15, -0.1) is 0 Å². The molecular weight excluding hydrogens is 308 g/mol. The van der Waals surface area contributed by atoms with Gasteiger partial charge in [0, 0.05) is 24.8 Å². The highest BCUT2D eigenvalue weighted by atomic mass is 16.6. The lowest BCUT2D eigenvalue weighted by Gasteiger charge is -2.33. The molecule has 0 bridgehead atoms. The molecule has 2 rings (SSSR count). The van der Waals surface area contributed by atoms with E-state index in [1.54, 1.807) is 31.3 Å². The number of benzene rings is 1. The maximum absolute atomic E-state index is 12.2. The first-order chi connectivity index (χ1) is 11.4. The molecule has 1 heterocycles. The molecule has 0 aliphatic carbocycles. The van der Waals surface area contributed by atoms with Crippen LogP contribution in [0.3, 0.4) is 0 Å². The Kier molecular flexibility index (Phi) is 6.11. The third kappa shape index (κ3) is 4.66. The number of ether oxygens (including phenoxy) is 2. The Morgan fingerprint density at radius 1 is 1.33 bits per heavy atom. The van der Waals surface area contributed by atoms with Crippen LogP contribution < -0.4 is 10.2 Å². The van der Waals surface area contributed by atoms with E-state index in [9.17, 15) is 9.59 Å². The van der Waals surface area contributed by atoms with Crippen LogP contribution in [0.15, 0.2) is 36.9 Å². The number of nitrogens with zero attached hydrogens (tertiary/aromatic N) is 1. The minimum absolute atomic E-state index is 0.153. The number of hydrogen-bond donors (Lipinski definition) is 1. The van der Waals surface area contributed by atoms with Gasteiger partial charge in [-0.3, -0.25) is 9.59 Å². The summed E-state index contributed by atoms with van der Waals surface area (Å²) in [4.78, 5) is 25.2. The summed E-state index contributed by atoms with van der Waals surface area (Å²) in [6, 6.07) is 6.85. The van der Waals surface area contributed by atoms with Crippen LogP contribution in [-0.4, -0.2) is 50.8 Å². The van der Waals surface area contributed by atoms with Crippen molar-refractivity contribution in [1.82, 2.24) is 5.32 Å². The van der Waals surface area contributed by atoms with Crippen molar-refractivity contribution in [2.24, 2.45) is 0 Å². The molecule has 0 spiro atoms. The molecular formula is C18H24N2O4. The smallest absolute Gasteiger partial charge is 0.251 e. The van der Waals surface area contributed by atoms with Gasteiger partial charge in [-0.25, -0.2) is 0 Å². The van der Waals surface area contributed by atoms with Crippen LogP contribution in [0.5, 0.6) is 0 Å². The van der Waals surface area contributed by atoms with Crippen LogP contribution in [0.4, 0.5) is 5.69 Å². The van der Waals surface area contributed by atoms with Crippen molar-refractivity contribution >= 4 is 17.5 Å². The van der Waals surface area contributed by atoms with Crippen LogP contribution >= 0.6 is 0 Å². The topological polar surface area (TPSA) is 67.9 Å². The molecule has 6 heteroatoms. The maximum Gasteiger partial charge on any atom is 0.251 e. The highest BCUT2D eigenvalue weighted by molar-refractivity contribution is 6.01. The molecule has 1 aliphatic rings. The number of likely N-dealkylation sites (N-methyl/N-ethyl adjacent to an activating group) is 1. The van der Waals surface area contributed by atoms with Crippen molar-refractivity contribution in [3.05, 3.63) is 42.5 Å². The molecule has 2 amide bonds. The summed E-state index contributed by atoms with van der Waals surface area (Å²) in [7, 11) is 1.66. The van der Waals surface area contributed by atoms with Gasteiger partial charge >= 0.3 is 0 Å². The lowest BCUT2D eigenvalue weighted by atomic mass is 10.0. The molecule has 1 fully saturated rings. The fraction of sp³-hybridized carbons (Fsp3) is 0.444. The lowest BCUT2D eigenvalue weighted by molar-refractivity contribution is -0.149. The third-order valence-electron chi connectivity index (χ3n) is 4.05. The molecule has 6 nitrogen and oxygen atoms in total. The van der Waals surface area contributed by atoms with E-state index in [1.165, 1.54) is 11.0 Å². The van der Waals surface area contributed by atoms with Crippen molar-refractivity contribution in [1.29, 1.82) is 0 Å². The SMILES string of the molecule is C=CC(=O)N(C)c1ccc(C(=O)NCCC2(C)COCCO2)cc1. The van der Waals surface area contributed by atoms with Gasteiger partial charge in [0.2, 0.25) is 5.91 Å². The summed E-state index contributed by atoms with van der Waals surface area (Å²) >= 11 is 0. The minimum atomic E-state index is -0.344. The number of carbonyl (C=O) groups is 2. The van der Waals surface area contributed by atoms with Crippen molar-refractivity contribution < 1.29 is 19.1 Å². The summed E-state index contributed by atoms with van der Waals surface area (Å²) in [6.45, 7) is 7.70. The van der Waals surface area contributed by atoms with Gasteiger partial charge in [0.15, 0.2) is 0 Å². The highest BCUT2D eigenvalue weighted by Gasteiger charge is 2.28. The normalized spacial score (nSPS) is 20.2. The van der Waals surface area contributed by atoms with Crippen molar-refractivity contribution in [2.45, 2.75) is 18.9 Å². The van der Waals surface area contributed by atoms with Crippen molar-refractivity contribution in [3.63, 3.8) is 0 Å². The number of carbonyl (C=O) groups excluding carboxylic acids is 2. The Hall–Kier alpha value is -2.18. The Morgan fingerprint density at radius 2 is 2.04 bits per heavy atom. The van der Waals surface area contributed by atoms with Crippen molar-refractivity contribution in [2.75, 3.05) is 38.3 Å². The Bertz CT molecular complexity index is 592. The van der Waals surface area contributed by atoms with Gasteiger partial charge in [-0.2, -0.15) is 0 Å². The van der Waals surface area contributed by atoms with Gasteiger partial charge < -0.3 is 19.7 Å². The average molecular weight is 332 g/mol. The van der Waals surface area contributed by atoms with Crippen LogP contribution in [0, 0.1) is 0 Å². The maximum atomic E-state index is 12.2. The number of anilines is 1. The highest BCUT2D eigenvalue weighted by Crippen LogP contribution is 2.19. The largest absolute Gasteiger partial charge is 0.376 e. The second kappa shape index (κ2) is 8.08. The molecule has 0 saturated carbocycles. The molecule has 1 aromatic rings. The zero-order valence-corrected chi connectivity index (χ0v) is 14.2. The molecule has 1 unspecified atom stereocenters. The minimum Gasteiger partial charge on any atom is -0.376 e.